The van der Waals surface area contributed by atoms with Crippen LogP contribution in [0.4, 0.5) is 5.69 Å². The Hall–Kier alpha value is -2.26. The Kier molecular flexibility index (Phi) is 2.24. The lowest BCUT2D eigenvalue weighted by Gasteiger charge is -1.90. The van der Waals surface area contributed by atoms with Crippen molar-refractivity contribution in [3.63, 3.8) is 0 Å². The minimum atomic E-state index is -0.471. The van der Waals surface area contributed by atoms with Crippen LogP contribution in [0.15, 0.2) is 24.3 Å². The van der Waals surface area contributed by atoms with Crippen LogP contribution in [0.2, 0.25) is 0 Å². The molecule has 1 rings (SSSR count). The third-order valence-corrected chi connectivity index (χ3v) is 1.35. The summed E-state index contributed by atoms with van der Waals surface area (Å²) in [7, 11) is 0. The van der Waals surface area contributed by atoms with Crippen molar-refractivity contribution in [1.29, 1.82) is 0 Å². The molecule has 0 aliphatic carbocycles. The predicted octanol–water partition coefficient (Wildman–Crippen LogP) is 1.58. The minimum absolute atomic E-state index is 0.0297. The summed E-state index contributed by atoms with van der Waals surface area (Å²) in [6.45, 7) is 0. The summed E-state index contributed by atoms with van der Waals surface area (Å²) >= 11 is 0. The van der Waals surface area contributed by atoms with E-state index >= 15 is 0 Å². The molecule has 0 atom stereocenters. The van der Waals surface area contributed by atoms with E-state index in [1.165, 1.54) is 24.3 Å². The molecular formula is C10H5NO2. The van der Waals surface area contributed by atoms with Crippen molar-refractivity contribution in [2.75, 3.05) is 0 Å². The van der Waals surface area contributed by atoms with Crippen LogP contribution in [0.3, 0.4) is 0 Å². The number of rotatable bonds is 1. The van der Waals surface area contributed by atoms with Crippen LogP contribution in [0.25, 0.3) is 0 Å². The van der Waals surface area contributed by atoms with Crippen molar-refractivity contribution in [2.45, 2.75) is 0 Å². The number of hydrogen-bond donors (Lipinski definition) is 0. The van der Waals surface area contributed by atoms with Gasteiger partial charge in [-0.3, -0.25) is 10.1 Å². The normalized spacial score (nSPS) is 8.46. The summed E-state index contributed by atoms with van der Waals surface area (Å²) in [4.78, 5) is 9.82. The van der Waals surface area contributed by atoms with E-state index in [1.54, 1.807) is 0 Å². The standard InChI is InChI=1S/C10H5NO2/c1-2-3-4-9-5-7-10(8-6-9)11(12)13/h1,5-8H/i1D. The zero-order chi connectivity index (χ0) is 10.4. The van der Waals surface area contributed by atoms with Crippen LogP contribution in [0.5, 0.6) is 0 Å². The van der Waals surface area contributed by atoms with Crippen molar-refractivity contribution in [3.05, 3.63) is 39.9 Å². The number of nitro benzene ring substituents is 1. The van der Waals surface area contributed by atoms with E-state index in [9.17, 15) is 10.1 Å². The van der Waals surface area contributed by atoms with Crippen molar-refractivity contribution in [1.82, 2.24) is 0 Å². The number of nitro groups is 1. The first-order chi connectivity index (χ1) is 6.74. The van der Waals surface area contributed by atoms with E-state index in [-0.39, 0.29) is 5.69 Å². The minimum Gasteiger partial charge on any atom is -0.258 e. The van der Waals surface area contributed by atoms with Crippen molar-refractivity contribution < 1.29 is 6.29 Å². The lowest BCUT2D eigenvalue weighted by Crippen LogP contribution is -1.86. The fourth-order valence-electron chi connectivity index (χ4n) is 0.770. The zero-order valence-electron chi connectivity index (χ0n) is 7.57. The second kappa shape index (κ2) is 3.94. The van der Waals surface area contributed by atoms with Gasteiger partial charge in [0.2, 0.25) is 0 Å². The molecule has 0 aromatic heterocycles. The summed E-state index contributed by atoms with van der Waals surface area (Å²) < 4.78 is 6.51. The summed E-state index contributed by atoms with van der Waals surface area (Å²) in [5.41, 5.74) is 0.667. The molecule has 1 aromatic rings. The number of benzene rings is 1. The van der Waals surface area contributed by atoms with Crippen LogP contribution in [-0.4, -0.2) is 4.92 Å². The highest BCUT2D eigenvalue weighted by atomic mass is 16.6. The topological polar surface area (TPSA) is 43.1 Å². The highest BCUT2D eigenvalue weighted by Gasteiger charge is 2.01. The van der Waals surface area contributed by atoms with E-state index in [4.69, 9.17) is 1.37 Å². The molecule has 0 aliphatic rings. The van der Waals surface area contributed by atoms with Crippen LogP contribution >= 0.6 is 0 Å². The Morgan fingerprint density at radius 1 is 1.46 bits per heavy atom. The van der Waals surface area contributed by atoms with Gasteiger partial charge in [0.1, 0.15) is 1.37 Å². The lowest BCUT2D eigenvalue weighted by atomic mass is 10.2. The third-order valence-electron chi connectivity index (χ3n) is 1.35. The number of hydrogen-bond acceptors (Lipinski definition) is 2. The highest BCUT2D eigenvalue weighted by Crippen LogP contribution is 2.10. The highest BCUT2D eigenvalue weighted by molar-refractivity contribution is 5.43. The van der Waals surface area contributed by atoms with E-state index < -0.39 is 4.92 Å². The molecule has 1 aromatic carbocycles. The fourth-order valence-corrected chi connectivity index (χ4v) is 0.770. The Bertz CT molecular complexity index is 457. The largest absolute Gasteiger partial charge is 0.269 e. The summed E-state index contributed by atoms with van der Waals surface area (Å²) in [5, 5.41) is 10.3. The molecule has 0 aliphatic heterocycles. The molecule has 13 heavy (non-hydrogen) atoms. The summed E-state index contributed by atoms with van der Waals surface area (Å²) in [6, 6.07) is 5.82. The zero-order valence-corrected chi connectivity index (χ0v) is 6.57. The third kappa shape index (κ3) is 2.36. The first-order valence-electron chi connectivity index (χ1n) is 3.91. The molecule has 0 amide bonds. The quantitative estimate of drug-likeness (QED) is 0.366. The monoisotopic (exact) mass is 172 g/mol. The van der Waals surface area contributed by atoms with Gasteiger partial charge in [-0.2, -0.15) is 0 Å². The van der Waals surface area contributed by atoms with Crippen LogP contribution < -0.4 is 0 Å². The predicted molar refractivity (Wildman–Crippen MR) is 48.8 cm³/mol. The van der Waals surface area contributed by atoms with Crippen molar-refractivity contribution in [3.8, 4) is 24.2 Å². The molecule has 0 saturated carbocycles. The molecule has 0 heterocycles. The second-order valence-electron chi connectivity index (χ2n) is 2.18. The van der Waals surface area contributed by atoms with Gasteiger partial charge in [-0.15, -0.1) is 6.40 Å². The average molecular weight is 172 g/mol. The maximum Gasteiger partial charge on any atom is 0.269 e. The van der Waals surface area contributed by atoms with Crippen molar-refractivity contribution in [2.24, 2.45) is 0 Å². The fraction of sp³-hybridized carbons (Fsp3) is 0. The maximum absolute atomic E-state index is 10.3. The Labute approximate surface area is 76.9 Å². The van der Waals surface area contributed by atoms with Crippen LogP contribution in [0, 0.1) is 34.3 Å². The molecular weight excluding hydrogens is 166 g/mol. The van der Waals surface area contributed by atoms with Gasteiger partial charge in [0.25, 0.3) is 5.69 Å². The van der Waals surface area contributed by atoms with Gasteiger partial charge in [0, 0.05) is 17.7 Å². The molecule has 0 fully saturated rings. The van der Waals surface area contributed by atoms with Gasteiger partial charge < -0.3 is 0 Å². The molecule has 62 valence electrons. The van der Waals surface area contributed by atoms with Crippen LogP contribution in [0.1, 0.15) is 6.93 Å². The second-order valence-corrected chi connectivity index (χ2v) is 2.18. The van der Waals surface area contributed by atoms with E-state index in [1.807, 2.05) is 6.40 Å². The Morgan fingerprint density at radius 3 is 2.69 bits per heavy atom. The van der Waals surface area contributed by atoms with Gasteiger partial charge >= 0.3 is 0 Å². The van der Waals surface area contributed by atoms with Crippen molar-refractivity contribution >= 4 is 5.69 Å². The Morgan fingerprint density at radius 2 is 2.15 bits per heavy atom. The maximum atomic E-state index is 10.3. The molecule has 0 bridgehead atoms. The molecule has 0 spiro atoms. The van der Waals surface area contributed by atoms with Gasteiger partial charge in [-0.1, -0.05) is 5.92 Å². The molecule has 3 nitrogen and oxygen atoms in total. The van der Waals surface area contributed by atoms with Gasteiger partial charge in [-0.25, -0.2) is 0 Å². The average Bonchev–Trinajstić information content (AvgIpc) is 2.19. The van der Waals surface area contributed by atoms with Gasteiger partial charge in [0.15, 0.2) is 0 Å². The first-order valence-corrected chi connectivity index (χ1v) is 3.41. The number of non-ortho nitro benzene ring substituents is 1. The van der Waals surface area contributed by atoms with E-state index in [0.29, 0.717) is 5.56 Å². The number of nitrogens with zero attached hydrogens (tertiary/aromatic N) is 1. The lowest BCUT2D eigenvalue weighted by molar-refractivity contribution is -0.384. The molecule has 3 heteroatoms. The summed E-state index contributed by atoms with van der Waals surface area (Å²) in [6.07, 6.45) is 1.89. The molecule has 0 radical (unpaired) electrons. The molecule has 0 unspecified atom stereocenters. The summed E-state index contributed by atoms with van der Waals surface area (Å²) in [5.74, 6) is 7.33. The smallest absolute Gasteiger partial charge is 0.258 e. The van der Waals surface area contributed by atoms with E-state index in [2.05, 4.69) is 17.8 Å². The first kappa shape index (κ1) is 7.39. The molecule has 0 saturated heterocycles. The van der Waals surface area contributed by atoms with Crippen LogP contribution in [-0.2, 0) is 0 Å². The molecule has 0 N–H and O–H groups in total. The SMILES string of the molecule is [2H]C#CC#Cc1ccc([N+](=O)[O-])cc1. The number of terminal acetylenes is 1. The van der Waals surface area contributed by atoms with Gasteiger partial charge in [-0.05, 0) is 24.0 Å². The van der Waals surface area contributed by atoms with E-state index in [0.717, 1.165) is 0 Å². The Balaban J connectivity index is 2.89. The van der Waals surface area contributed by atoms with Gasteiger partial charge in [0.05, 0.1) is 4.92 Å².